The molecule has 1 aliphatic heterocycles. The van der Waals surface area contributed by atoms with Gasteiger partial charge in [0.05, 0.1) is 5.69 Å². The van der Waals surface area contributed by atoms with E-state index in [1.54, 1.807) is 18.2 Å². The Kier molecular flexibility index (Phi) is 6.58. The fraction of sp³-hybridized carbons (Fsp3) is 0.350. The number of hydrogen-bond acceptors (Lipinski definition) is 3. The monoisotopic (exact) mass is 391 g/mol. The van der Waals surface area contributed by atoms with Crippen LogP contribution in [0.5, 0.6) is 5.75 Å². The minimum Gasteiger partial charge on any atom is -0.433 e. The first-order valence-corrected chi connectivity index (χ1v) is 9.30. The molecule has 2 aromatic carbocycles. The highest BCUT2D eigenvalue weighted by Crippen LogP contribution is 2.26. The Morgan fingerprint density at radius 1 is 1.11 bits per heavy atom. The van der Waals surface area contributed by atoms with Crippen molar-refractivity contribution in [2.45, 2.75) is 20.1 Å². The van der Waals surface area contributed by atoms with E-state index in [0.29, 0.717) is 10.8 Å². The number of alkyl halides is 2. The molecule has 1 N–H and O–H groups in total. The third kappa shape index (κ3) is 5.61. The molecule has 1 fully saturated rings. The Hall–Kier alpha value is -2.25. The predicted octanol–water partition coefficient (Wildman–Crippen LogP) is 4.11. The lowest BCUT2D eigenvalue weighted by molar-refractivity contribution is -0.0493. The summed E-state index contributed by atoms with van der Waals surface area (Å²) in [6.45, 7) is 3.51. The number of nitrogens with one attached hydrogen (secondary N) is 1. The Morgan fingerprint density at radius 3 is 2.56 bits per heavy atom. The Bertz CT molecular complexity index is 779. The fourth-order valence-corrected chi connectivity index (χ4v) is 3.43. The second-order valence-electron chi connectivity index (χ2n) is 6.56. The molecule has 1 aliphatic rings. The highest BCUT2D eigenvalue weighted by molar-refractivity contribution is 7.80. The van der Waals surface area contributed by atoms with Crippen LogP contribution >= 0.6 is 12.2 Å². The third-order valence-electron chi connectivity index (χ3n) is 4.49. The molecule has 0 unspecified atom stereocenters. The standard InChI is InChI=1S/C20H23F2N3OS/c1-15-5-4-6-16(13-15)14-24-9-11-25(12-10-24)20(27)23-17-7-2-3-8-18(17)26-19(21)22/h2-8,13,19H,9-12,14H2,1H3,(H,23,27). The van der Waals surface area contributed by atoms with Crippen molar-refractivity contribution in [2.24, 2.45) is 0 Å². The average Bonchev–Trinajstić information content (AvgIpc) is 2.63. The molecule has 0 saturated carbocycles. The Morgan fingerprint density at radius 2 is 1.85 bits per heavy atom. The number of anilines is 1. The van der Waals surface area contributed by atoms with Crippen molar-refractivity contribution < 1.29 is 13.5 Å². The molecule has 0 radical (unpaired) electrons. The van der Waals surface area contributed by atoms with Crippen LogP contribution in [-0.2, 0) is 6.54 Å². The molecule has 3 rings (SSSR count). The van der Waals surface area contributed by atoms with Gasteiger partial charge in [-0.3, -0.25) is 4.90 Å². The van der Waals surface area contributed by atoms with Gasteiger partial charge in [0.25, 0.3) is 0 Å². The van der Waals surface area contributed by atoms with Gasteiger partial charge in [-0.25, -0.2) is 0 Å². The van der Waals surface area contributed by atoms with Gasteiger partial charge in [-0.05, 0) is 36.8 Å². The molecule has 0 aliphatic carbocycles. The summed E-state index contributed by atoms with van der Waals surface area (Å²) in [5.41, 5.74) is 3.02. The van der Waals surface area contributed by atoms with Crippen LogP contribution < -0.4 is 10.1 Å². The predicted molar refractivity (Wildman–Crippen MR) is 107 cm³/mol. The third-order valence-corrected chi connectivity index (χ3v) is 4.85. The number of halogens is 2. The maximum atomic E-state index is 12.5. The summed E-state index contributed by atoms with van der Waals surface area (Å²) in [6, 6.07) is 15.1. The van der Waals surface area contributed by atoms with E-state index in [2.05, 4.69) is 51.0 Å². The quantitative estimate of drug-likeness (QED) is 0.775. The van der Waals surface area contributed by atoms with Crippen molar-refractivity contribution in [2.75, 3.05) is 31.5 Å². The van der Waals surface area contributed by atoms with Crippen molar-refractivity contribution in [1.29, 1.82) is 0 Å². The van der Waals surface area contributed by atoms with Crippen LogP contribution in [0.4, 0.5) is 14.5 Å². The van der Waals surface area contributed by atoms with Crippen LogP contribution in [0.15, 0.2) is 48.5 Å². The Labute approximate surface area is 163 Å². The zero-order valence-corrected chi connectivity index (χ0v) is 16.0. The molecular formula is C20H23F2N3OS. The first-order chi connectivity index (χ1) is 13.0. The average molecular weight is 391 g/mol. The minimum atomic E-state index is -2.87. The van der Waals surface area contributed by atoms with Crippen molar-refractivity contribution in [3.8, 4) is 5.75 Å². The van der Waals surface area contributed by atoms with E-state index < -0.39 is 6.61 Å². The maximum absolute atomic E-state index is 12.5. The highest BCUT2D eigenvalue weighted by atomic mass is 32.1. The normalized spacial score (nSPS) is 15.0. The van der Waals surface area contributed by atoms with E-state index in [-0.39, 0.29) is 5.75 Å². The fourth-order valence-electron chi connectivity index (χ4n) is 3.14. The summed E-state index contributed by atoms with van der Waals surface area (Å²) in [5.74, 6) is 0.0907. The van der Waals surface area contributed by atoms with Gasteiger partial charge >= 0.3 is 6.61 Å². The van der Waals surface area contributed by atoms with Gasteiger partial charge in [0.2, 0.25) is 0 Å². The number of hydrogen-bond donors (Lipinski definition) is 1. The van der Waals surface area contributed by atoms with Crippen LogP contribution in [-0.4, -0.2) is 47.7 Å². The number of para-hydroxylation sites is 2. The van der Waals surface area contributed by atoms with E-state index in [9.17, 15) is 8.78 Å². The van der Waals surface area contributed by atoms with Crippen LogP contribution in [0.25, 0.3) is 0 Å². The number of nitrogens with zero attached hydrogens (tertiary/aromatic N) is 2. The first-order valence-electron chi connectivity index (χ1n) is 8.89. The highest BCUT2D eigenvalue weighted by Gasteiger charge is 2.20. The number of aryl methyl sites for hydroxylation is 1. The molecule has 27 heavy (non-hydrogen) atoms. The SMILES string of the molecule is Cc1cccc(CN2CCN(C(=S)Nc3ccccc3OC(F)F)CC2)c1. The van der Waals surface area contributed by atoms with E-state index >= 15 is 0 Å². The molecule has 1 saturated heterocycles. The molecule has 0 aromatic heterocycles. The van der Waals surface area contributed by atoms with E-state index in [1.165, 1.54) is 17.2 Å². The number of rotatable bonds is 5. The molecule has 7 heteroatoms. The molecule has 0 spiro atoms. The summed E-state index contributed by atoms with van der Waals surface area (Å²) >= 11 is 5.47. The molecule has 2 aromatic rings. The Balaban J connectivity index is 1.53. The van der Waals surface area contributed by atoms with Crippen LogP contribution in [0.1, 0.15) is 11.1 Å². The lowest BCUT2D eigenvalue weighted by Crippen LogP contribution is -2.49. The van der Waals surface area contributed by atoms with Gasteiger partial charge in [0, 0.05) is 32.7 Å². The summed E-state index contributed by atoms with van der Waals surface area (Å²) < 4.78 is 29.6. The topological polar surface area (TPSA) is 27.7 Å². The van der Waals surface area contributed by atoms with Crippen LogP contribution in [0.3, 0.4) is 0 Å². The van der Waals surface area contributed by atoms with Crippen molar-refractivity contribution in [3.05, 3.63) is 59.7 Å². The van der Waals surface area contributed by atoms with Gasteiger partial charge in [0.1, 0.15) is 5.75 Å². The van der Waals surface area contributed by atoms with Gasteiger partial charge in [-0.2, -0.15) is 8.78 Å². The smallest absolute Gasteiger partial charge is 0.387 e. The van der Waals surface area contributed by atoms with Gasteiger partial charge in [-0.1, -0.05) is 42.0 Å². The zero-order chi connectivity index (χ0) is 19.2. The largest absolute Gasteiger partial charge is 0.433 e. The van der Waals surface area contributed by atoms with Crippen LogP contribution in [0, 0.1) is 6.92 Å². The summed E-state index contributed by atoms with van der Waals surface area (Å²) in [7, 11) is 0. The van der Waals surface area contributed by atoms with E-state index in [1.807, 2.05) is 0 Å². The first kappa shape index (κ1) is 19.5. The lowest BCUT2D eigenvalue weighted by Gasteiger charge is -2.36. The lowest BCUT2D eigenvalue weighted by atomic mass is 10.1. The van der Waals surface area contributed by atoms with Gasteiger partial charge in [-0.15, -0.1) is 0 Å². The second kappa shape index (κ2) is 9.10. The summed E-state index contributed by atoms with van der Waals surface area (Å²) in [6.07, 6.45) is 0. The number of thiocarbonyl (C=S) groups is 1. The van der Waals surface area contributed by atoms with E-state index in [4.69, 9.17) is 12.2 Å². The van der Waals surface area contributed by atoms with Crippen molar-refractivity contribution in [3.63, 3.8) is 0 Å². The molecular weight excluding hydrogens is 368 g/mol. The van der Waals surface area contributed by atoms with Gasteiger partial charge < -0.3 is 15.0 Å². The van der Waals surface area contributed by atoms with Crippen LogP contribution in [0.2, 0.25) is 0 Å². The van der Waals surface area contributed by atoms with Crippen molar-refractivity contribution in [1.82, 2.24) is 9.80 Å². The molecule has 144 valence electrons. The summed E-state index contributed by atoms with van der Waals surface area (Å²) in [4.78, 5) is 4.45. The van der Waals surface area contributed by atoms with E-state index in [0.717, 1.165) is 32.7 Å². The zero-order valence-electron chi connectivity index (χ0n) is 15.2. The van der Waals surface area contributed by atoms with Crippen molar-refractivity contribution >= 4 is 23.0 Å². The number of benzene rings is 2. The molecule has 4 nitrogen and oxygen atoms in total. The number of piperazine rings is 1. The maximum Gasteiger partial charge on any atom is 0.387 e. The summed E-state index contributed by atoms with van der Waals surface area (Å²) in [5, 5.41) is 3.56. The molecule has 1 heterocycles. The molecule has 0 atom stereocenters. The minimum absolute atomic E-state index is 0.0907. The van der Waals surface area contributed by atoms with Gasteiger partial charge in [0.15, 0.2) is 5.11 Å². The second-order valence-corrected chi connectivity index (χ2v) is 6.94. The number of ether oxygens (including phenoxy) is 1. The molecule has 0 amide bonds. The molecule has 0 bridgehead atoms.